The highest BCUT2D eigenvalue weighted by molar-refractivity contribution is 6.35. The van der Waals surface area contributed by atoms with E-state index < -0.39 is 18.4 Å². The molecule has 0 unspecified atom stereocenters. The Morgan fingerprint density at radius 3 is 2.32 bits per heavy atom. The van der Waals surface area contributed by atoms with Gasteiger partial charge in [0.1, 0.15) is 6.54 Å². The van der Waals surface area contributed by atoms with Crippen molar-refractivity contribution in [1.29, 1.82) is 0 Å². The number of aliphatic carboxylic acids is 1. The summed E-state index contributed by atoms with van der Waals surface area (Å²) in [4.78, 5) is 23.2. The first-order chi connectivity index (χ1) is 13.3. The van der Waals surface area contributed by atoms with E-state index in [0.29, 0.717) is 32.0 Å². The molecule has 0 radical (unpaired) electrons. The smallest absolute Gasteiger partial charge is 0.322 e. The molecule has 0 fully saturated rings. The highest BCUT2D eigenvalue weighted by atomic mass is 35.5. The predicted molar refractivity (Wildman–Crippen MR) is 109 cm³/mol. The molecule has 0 saturated carbocycles. The van der Waals surface area contributed by atoms with E-state index in [1.807, 2.05) is 0 Å². The number of hydrogen-bond acceptors (Lipinski definition) is 3. The van der Waals surface area contributed by atoms with Crippen LogP contribution in [-0.4, -0.2) is 33.3 Å². The van der Waals surface area contributed by atoms with Gasteiger partial charge < -0.3 is 10.4 Å². The Morgan fingerprint density at radius 1 is 1.07 bits per heavy atom. The number of carboxylic acids is 1. The van der Waals surface area contributed by atoms with Gasteiger partial charge in [-0.25, -0.2) is 4.68 Å². The first-order valence-electron chi connectivity index (χ1n) is 8.09. The van der Waals surface area contributed by atoms with Crippen LogP contribution in [0.5, 0.6) is 0 Å². The largest absolute Gasteiger partial charge is 0.480 e. The van der Waals surface area contributed by atoms with Gasteiger partial charge in [-0.1, -0.05) is 46.9 Å². The van der Waals surface area contributed by atoms with Crippen LogP contribution in [-0.2, 0) is 4.79 Å². The number of carbonyl (C=O) groups is 2. The average Bonchev–Trinajstić information content (AvgIpc) is 2.97. The van der Waals surface area contributed by atoms with Crippen LogP contribution >= 0.6 is 34.8 Å². The lowest BCUT2D eigenvalue weighted by Gasteiger charge is -2.11. The zero-order valence-electron chi connectivity index (χ0n) is 14.5. The van der Waals surface area contributed by atoms with Gasteiger partial charge in [-0.2, -0.15) is 5.10 Å². The summed E-state index contributed by atoms with van der Waals surface area (Å²) < 4.78 is 1.53. The number of halogens is 3. The second-order valence-electron chi connectivity index (χ2n) is 5.91. The summed E-state index contributed by atoms with van der Waals surface area (Å²) in [5.41, 5.74) is 2.57. The summed E-state index contributed by atoms with van der Waals surface area (Å²) in [6.07, 6.45) is 0. The van der Waals surface area contributed by atoms with Crippen LogP contribution in [0.15, 0.2) is 42.5 Å². The lowest BCUT2D eigenvalue weighted by molar-refractivity contribution is -0.135. The Hall–Kier alpha value is -2.54. The normalized spacial score (nSPS) is 10.7. The molecule has 3 aromatic rings. The van der Waals surface area contributed by atoms with E-state index in [1.54, 1.807) is 49.4 Å². The van der Waals surface area contributed by atoms with Crippen molar-refractivity contribution in [1.82, 2.24) is 15.1 Å². The van der Waals surface area contributed by atoms with Gasteiger partial charge in [0.2, 0.25) is 0 Å². The third kappa shape index (κ3) is 4.14. The number of hydrogen-bond donors (Lipinski definition) is 2. The maximum Gasteiger partial charge on any atom is 0.322 e. The van der Waals surface area contributed by atoms with Crippen LogP contribution < -0.4 is 5.32 Å². The molecular weight excluding hydrogens is 425 g/mol. The van der Waals surface area contributed by atoms with Crippen LogP contribution in [0.3, 0.4) is 0 Å². The first kappa shape index (κ1) is 20.2. The highest BCUT2D eigenvalue weighted by Gasteiger charge is 2.23. The van der Waals surface area contributed by atoms with E-state index in [9.17, 15) is 9.59 Å². The zero-order chi connectivity index (χ0) is 20.4. The van der Waals surface area contributed by atoms with Gasteiger partial charge in [0.25, 0.3) is 5.91 Å². The van der Waals surface area contributed by atoms with E-state index in [4.69, 9.17) is 39.9 Å². The molecule has 0 spiro atoms. The van der Waals surface area contributed by atoms with Gasteiger partial charge in [0, 0.05) is 21.2 Å². The van der Waals surface area contributed by atoms with Gasteiger partial charge in [0.05, 0.1) is 16.4 Å². The third-order valence-corrected chi connectivity index (χ3v) is 4.78. The molecule has 6 nitrogen and oxygen atoms in total. The van der Waals surface area contributed by atoms with Gasteiger partial charge in [-0.15, -0.1) is 0 Å². The molecule has 2 aromatic carbocycles. The van der Waals surface area contributed by atoms with Crippen molar-refractivity contribution in [3.63, 3.8) is 0 Å². The maximum atomic E-state index is 12.5. The standard InChI is InChI=1S/C19H14Cl3N3O3/c1-10-17(19(28)23-9-16(26)27)24-25(15-7-6-13(21)8-14(15)22)18(10)11-2-4-12(20)5-3-11/h2-8H,9H2,1H3,(H,23,28)(H,26,27). The van der Waals surface area contributed by atoms with E-state index in [2.05, 4.69) is 10.4 Å². The summed E-state index contributed by atoms with van der Waals surface area (Å²) in [5, 5.41) is 16.9. The predicted octanol–water partition coefficient (Wildman–Crippen LogP) is 4.62. The van der Waals surface area contributed by atoms with Gasteiger partial charge in [0.15, 0.2) is 5.69 Å². The number of amides is 1. The number of nitrogens with one attached hydrogen (secondary N) is 1. The van der Waals surface area contributed by atoms with E-state index in [1.165, 1.54) is 4.68 Å². The lowest BCUT2D eigenvalue weighted by atomic mass is 10.1. The summed E-state index contributed by atoms with van der Waals surface area (Å²) in [5.74, 6) is -1.75. The van der Waals surface area contributed by atoms with Crippen molar-refractivity contribution in [2.24, 2.45) is 0 Å². The molecule has 0 saturated heterocycles. The minimum Gasteiger partial charge on any atom is -0.480 e. The van der Waals surface area contributed by atoms with Crippen LogP contribution in [0.2, 0.25) is 15.1 Å². The van der Waals surface area contributed by atoms with Gasteiger partial charge in [-0.05, 0) is 37.3 Å². The first-order valence-corrected chi connectivity index (χ1v) is 9.22. The van der Waals surface area contributed by atoms with E-state index >= 15 is 0 Å². The monoisotopic (exact) mass is 437 g/mol. The van der Waals surface area contributed by atoms with Gasteiger partial charge in [-0.3, -0.25) is 9.59 Å². The topological polar surface area (TPSA) is 84.2 Å². The molecule has 0 atom stereocenters. The third-order valence-electron chi connectivity index (χ3n) is 3.99. The second-order valence-corrected chi connectivity index (χ2v) is 7.19. The fourth-order valence-corrected chi connectivity index (χ4v) is 3.34. The fraction of sp³-hybridized carbons (Fsp3) is 0.105. The SMILES string of the molecule is Cc1c(C(=O)NCC(=O)O)nn(-c2ccc(Cl)cc2Cl)c1-c1ccc(Cl)cc1. The Balaban J connectivity index is 2.18. The number of nitrogens with zero attached hydrogens (tertiary/aromatic N) is 2. The van der Waals surface area contributed by atoms with Crippen LogP contribution in [0.25, 0.3) is 16.9 Å². The Labute approximate surface area is 175 Å². The molecule has 9 heteroatoms. The Bertz CT molecular complexity index is 1060. The van der Waals surface area contributed by atoms with Crippen molar-refractivity contribution in [3.8, 4) is 16.9 Å². The molecule has 3 rings (SSSR count). The number of benzene rings is 2. The summed E-state index contributed by atoms with van der Waals surface area (Å²) >= 11 is 18.3. The van der Waals surface area contributed by atoms with Crippen LogP contribution in [0, 0.1) is 6.92 Å². The molecule has 144 valence electrons. The van der Waals surface area contributed by atoms with Gasteiger partial charge >= 0.3 is 5.97 Å². The Kier molecular flexibility index (Phi) is 5.93. The summed E-state index contributed by atoms with van der Waals surface area (Å²) in [6, 6.07) is 12.0. The van der Waals surface area contributed by atoms with Crippen molar-refractivity contribution in [2.45, 2.75) is 6.92 Å². The number of carboxylic acid groups (broad SMARTS) is 1. The molecule has 0 bridgehead atoms. The second kappa shape index (κ2) is 8.22. The van der Waals surface area contributed by atoms with Crippen molar-refractivity contribution < 1.29 is 14.7 Å². The average molecular weight is 439 g/mol. The molecule has 28 heavy (non-hydrogen) atoms. The summed E-state index contributed by atoms with van der Waals surface area (Å²) in [6.45, 7) is 1.22. The minimum absolute atomic E-state index is 0.0946. The minimum atomic E-state index is -1.15. The molecule has 2 N–H and O–H groups in total. The van der Waals surface area contributed by atoms with Crippen molar-refractivity contribution in [3.05, 3.63) is 68.8 Å². The van der Waals surface area contributed by atoms with Crippen LogP contribution in [0.1, 0.15) is 16.1 Å². The molecule has 1 heterocycles. The highest BCUT2D eigenvalue weighted by Crippen LogP contribution is 2.33. The molecular formula is C19H14Cl3N3O3. The van der Waals surface area contributed by atoms with E-state index in [-0.39, 0.29) is 5.69 Å². The molecule has 0 aliphatic carbocycles. The maximum absolute atomic E-state index is 12.5. The van der Waals surface area contributed by atoms with Crippen molar-refractivity contribution in [2.75, 3.05) is 6.54 Å². The molecule has 0 aliphatic heterocycles. The van der Waals surface area contributed by atoms with E-state index in [0.717, 1.165) is 5.56 Å². The molecule has 1 amide bonds. The molecule has 1 aromatic heterocycles. The number of rotatable bonds is 5. The summed E-state index contributed by atoms with van der Waals surface area (Å²) in [7, 11) is 0. The lowest BCUT2D eigenvalue weighted by Crippen LogP contribution is -2.30. The fourth-order valence-electron chi connectivity index (χ4n) is 2.73. The number of aromatic nitrogens is 2. The quantitative estimate of drug-likeness (QED) is 0.608. The number of carbonyl (C=O) groups excluding carboxylic acids is 1. The van der Waals surface area contributed by atoms with Crippen molar-refractivity contribution >= 4 is 46.7 Å². The van der Waals surface area contributed by atoms with Crippen LogP contribution in [0.4, 0.5) is 0 Å². The Morgan fingerprint density at radius 2 is 1.71 bits per heavy atom. The zero-order valence-corrected chi connectivity index (χ0v) is 16.8. The molecule has 0 aliphatic rings.